The van der Waals surface area contributed by atoms with Gasteiger partial charge in [-0.2, -0.15) is 0 Å². The van der Waals surface area contributed by atoms with Gasteiger partial charge in [-0.05, 0) is 49.8 Å². The molecule has 1 aliphatic carbocycles. The van der Waals surface area contributed by atoms with E-state index >= 15 is 0 Å². The summed E-state index contributed by atoms with van der Waals surface area (Å²) in [5, 5.41) is 0. The molecule has 1 amide bonds. The van der Waals surface area contributed by atoms with Gasteiger partial charge in [0.15, 0.2) is 0 Å². The van der Waals surface area contributed by atoms with Gasteiger partial charge in [0.2, 0.25) is 15.9 Å². The first-order valence-corrected chi connectivity index (χ1v) is 13.1. The van der Waals surface area contributed by atoms with Crippen molar-refractivity contribution in [3.8, 4) is 0 Å². The summed E-state index contributed by atoms with van der Waals surface area (Å²) >= 11 is 0.989. The number of benzene rings is 1. The number of hydrogen-bond acceptors (Lipinski definition) is 5. The minimum Gasteiger partial charge on any atom is -0.341 e. The van der Waals surface area contributed by atoms with Crippen molar-refractivity contribution in [2.45, 2.75) is 69.4 Å². The Morgan fingerprint density at radius 1 is 1.13 bits per heavy atom. The van der Waals surface area contributed by atoms with Crippen molar-refractivity contribution in [3.63, 3.8) is 0 Å². The number of nitrogens with zero attached hydrogens (tertiary/aromatic N) is 2. The molecule has 0 atom stereocenters. The van der Waals surface area contributed by atoms with E-state index in [1.165, 1.54) is 10.6 Å². The molecule has 30 heavy (non-hydrogen) atoms. The lowest BCUT2D eigenvalue weighted by Crippen LogP contribution is -2.40. The van der Waals surface area contributed by atoms with Gasteiger partial charge in [-0.25, -0.2) is 13.1 Å². The lowest BCUT2D eigenvalue weighted by molar-refractivity contribution is -0.133. The van der Waals surface area contributed by atoms with Gasteiger partial charge < -0.3 is 4.90 Å². The molecule has 1 saturated heterocycles. The van der Waals surface area contributed by atoms with E-state index in [0.29, 0.717) is 16.1 Å². The van der Waals surface area contributed by atoms with Gasteiger partial charge in [0.1, 0.15) is 6.54 Å². The Bertz CT molecular complexity index is 1080. The Kier molecular flexibility index (Phi) is 6.31. The molecule has 2 aliphatic rings. The maximum absolute atomic E-state index is 12.8. The average molecular weight is 452 g/mol. The van der Waals surface area contributed by atoms with E-state index in [2.05, 4.69) is 11.6 Å². The summed E-state index contributed by atoms with van der Waals surface area (Å²) in [6, 6.07) is 4.71. The van der Waals surface area contributed by atoms with Gasteiger partial charge in [0, 0.05) is 19.1 Å². The number of likely N-dealkylation sites (tertiary alicyclic amines) is 1. The molecule has 0 bridgehead atoms. The third kappa shape index (κ3) is 4.63. The SMILES string of the molecule is CC1CCN(C(=O)Cn2c(=O)sc3cc(S(=O)(=O)NC4CCCCC4)ccc32)CC1. The van der Waals surface area contributed by atoms with Crippen LogP contribution in [0.3, 0.4) is 0 Å². The molecule has 0 unspecified atom stereocenters. The Morgan fingerprint density at radius 3 is 2.53 bits per heavy atom. The fourth-order valence-electron chi connectivity index (χ4n) is 4.36. The van der Waals surface area contributed by atoms with E-state index in [9.17, 15) is 18.0 Å². The van der Waals surface area contributed by atoms with Gasteiger partial charge in [0.05, 0.1) is 15.1 Å². The Labute approximate surface area is 181 Å². The van der Waals surface area contributed by atoms with Crippen LogP contribution in [0.1, 0.15) is 51.9 Å². The standard InChI is InChI=1S/C21H29N3O4S2/c1-15-9-11-23(12-10-15)20(25)14-24-18-8-7-17(13-19(18)29-21(24)26)30(27,28)22-16-5-3-2-4-6-16/h7-8,13,15-16,22H,2-6,9-12,14H2,1H3. The van der Waals surface area contributed by atoms with Crippen LogP contribution in [0, 0.1) is 5.92 Å². The number of nitrogens with one attached hydrogen (secondary N) is 1. The van der Waals surface area contributed by atoms with Crippen LogP contribution in [-0.2, 0) is 21.4 Å². The van der Waals surface area contributed by atoms with Crippen LogP contribution in [0.4, 0.5) is 0 Å². The zero-order valence-electron chi connectivity index (χ0n) is 17.3. The third-order valence-corrected chi connectivity index (χ3v) is 8.77. The molecule has 1 saturated carbocycles. The van der Waals surface area contributed by atoms with Crippen molar-refractivity contribution in [2.75, 3.05) is 13.1 Å². The molecule has 2 heterocycles. The van der Waals surface area contributed by atoms with Gasteiger partial charge in [-0.15, -0.1) is 0 Å². The highest BCUT2D eigenvalue weighted by molar-refractivity contribution is 7.89. The fourth-order valence-corrected chi connectivity index (χ4v) is 6.70. The zero-order valence-corrected chi connectivity index (χ0v) is 18.9. The van der Waals surface area contributed by atoms with E-state index in [-0.39, 0.29) is 28.3 Å². The minimum atomic E-state index is -3.63. The van der Waals surface area contributed by atoms with Gasteiger partial charge in [-0.3, -0.25) is 14.2 Å². The summed E-state index contributed by atoms with van der Waals surface area (Å²) in [6.45, 7) is 3.64. The quantitative estimate of drug-likeness (QED) is 0.757. The second kappa shape index (κ2) is 8.80. The highest BCUT2D eigenvalue weighted by atomic mass is 32.2. The second-order valence-electron chi connectivity index (χ2n) is 8.60. The largest absolute Gasteiger partial charge is 0.341 e. The number of rotatable bonds is 5. The second-order valence-corrected chi connectivity index (χ2v) is 11.3. The summed E-state index contributed by atoms with van der Waals surface area (Å²) in [5.41, 5.74) is 0.611. The lowest BCUT2D eigenvalue weighted by atomic mass is 9.96. The van der Waals surface area contributed by atoms with E-state index in [4.69, 9.17) is 0 Å². The molecule has 0 spiro atoms. The summed E-state index contributed by atoms with van der Waals surface area (Å²) < 4.78 is 30.4. The van der Waals surface area contributed by atoms with Gasteiger partial charge in [-0.1, -0.05) is 37.5 Å². The number of carbonyl (C=O) groups excluding carboxylic acids is 1. The first-order valence-electron chi connectivity index (χ1n) is 10.8. The van der Waals surface area contributed by atoms with Crippen molar-refractivity contribution < 1.29 is 13.2 Å². The maximum Gasteiger partial charge on any atom is 0.308 e. The van der Waals surface area contributed by atoms with Crippen molar-refractivity contribution >= 4 is 37.5 Å². The molecule has 1 aromatic carbocycles. The van der Waals surface area contributed by atoms with Crippen LogP contribution >= 0.6 is 11.3 Å². The molecule has 1 aromatic heterocycles. The predicted octanol–water partition coefficient (Wildman–Crippen LogP) is 2.93. The third-order valence-electron chi connectivity index (χ3n) is 6.31. The molecule has 2 aromatic rings. The molecule has 0 radical (unpaired) electrons. The predicted molar refractivity (Wildman–Crippen MR) is 118 cm³/mol. The van der Waals surface area contributed by atoms with E-state index in [1.807, 2.05) is 4.90 Å². The summed E-state index contributed by atoms with van der Waals surface area (Å²) in [7, 11) is -3.63. The molecule has 2 fully saturated rings. The zero-order chi connectivity index (χ0) is 21.3. The van der Waals surface area contributed by atoms with Crippen LogP contribution in [0.15, 0.2) is 27.9 Å². The molecule has 9 heteroatoms. The summed E-state index contributed by atoms with van der Waals surface area (Å²) in [4.78, 5) is 27.0. The van der Waals surface area contributed by atoms with Crippen molar-refractivity contribution in [2.24, 2.45) is 5.92 Å². The smallest absolute Gasteiger partial charge is 0.308 e. The van der Waals surface area contributed by atoms with E-state index < -0.39 is 10.0 Å². The molecule has 164 valence electrons. The first-order chi connectivity index (χ1) is 14.3. The molecular weight excluding hydrogens is 422 g/mol. The van der Waals surface area contributed by atoms with Crippen LogP contribution in [0.2, 0.25) is 0 Å². The number of fused-ring (bicyclic) bond motifs is 1. The number of amides is 1. The Balaban J connectivity index is 1.53. The molecule has 1 aliphatic heterocycles. The summed E-state index contributed by atoms with van der Waals surface area (Å²) in [6.07, 6.45) is 6.94. The molecule has 1 N–H and O–H groups in total. The maximum atomic E-state index is 12.8. The Morgan fingerprint density at radius 2 is 1.83 bits per heavy atom. The van der Waals surface area contributed by atoms with Crippen molar-refractivity contribution in [3.05, 3.63) is 27.9 Å². The number of sulfonamides is 1. The number of hydrogen-bond donors (Lipinski definition) is 1. The van der Waals surface area contributed by atoms with Crippen molar-refractivity contribution in [1.29, 1.82) is 0 Å². The van der Waals surface area contributed by atoms with Crippen molar-refractivity contribution in [1.82, 2.24) is 14.2 Å². The van der Waals surface area contributed by atoms with E-state index in [0.717, 1.165) is 69.4 Å². The normalized spacial score (nSPS) is 19.4. The highest BCUT2D eigenvalue weighted by Gasteiger charge is 2.24. The van der Waals surface area contributed by atoms with Crippen LogP contribution in [-0.4, -0.2) is 42.9 Å². The summed E-state index contributed by atoms with van der Waals surface area (Å²) in [5.74, 6) is 0.570. The molecular formula is C21H29N3O4S2. The number of aromatic nitrogens is 1. The van der Waals surface area contributed by atoms with Crippen LogP contribution in [0.5, 0.6) is 0 Å². The molecule has 7 nitrogen and oxygen atoms in total. The highest BCUT2D eigenvalue weighted by Crippen LogP contribution is 2.24. The Hall–Kier alpha value is -1.71. The lowest BCUT2D eigenvalue weighted by Gasteiger charge is -2.30. The van der Waals surface area contributed by atoms with Crippen LogP contribution < -0.4 is 9.60 Å². The van der Waals surface area contributed by atoms with Crippen LogP contribution in [0.25, 0.3) is 10.2 Å². The number of thiazole rings is 1. The average Bonchev–Trinajstić information content (AvgIpc) is 3.03. The molecule has 4 rings (SSSR count). The fraction of sp³-hybridized carbons (Fsp3) is 0.619. The van der Waals surface area contributed by atoms with Gasteiger partial charge >= 0.3 is 4.87 Å². The minimum absolute atomic E-state index is 0.000362. The first kappa shape index (κ1) is 21.5. The number of carbonyl (C=O) groups is 1. The monoisotopic (exact) mass is 451 g/mol. The van der Waals surface area contributed by atoms with Gasteiger partial charge in [0.25, 0.3) is 0 Å². The topological polar surface area (TPSA) is 88.5 Å². The van der Waals surface area contributed by atoms with E-state index in [1.54, 1.807) is 12.1 Å². The number of piperidine rings is 1.